The van der Waals surface area contributed by atoms with Crippen LogP contribution in [0.2, 0.25) is 0 Å². The molecule has 2 aliphatic rings. The van der Waals surface area contributed by atoms with Gasteiger partial charge in [0.25, 0.3) is 0 Å². The Morgan fingerprint density at radius 3 is 3.05 bits per heavy atom. The average molecular weight is 281 g/mol. The molecule has 1 N–H and O–H groups in total. The number of ether oxygens (including phenoxy) is 1. The SMILES string of the molecule is COC1CN(c2nc(CNC3CC3)cs2)CCC1C. The van der Waals surface area contributed by atoms with Crippen LogP contribution in [0.1, 0.15) is 31.9 Å². The molecule has 5 heteroatoms. The molecule has 1 aliphatic carbocycles. The average Bonchev–Trinajstić information content (AvgIpc) is 3.14. The molecule has 0 radical (unpaired) electrons. The minimum absolute atomic E-state index is 0.339. The fraction of sp³-hybridized carbons (Fsp3) is 0.786. The van der Waals surface area contributed by atoms with Crippen LogP contribution in [0.4, 0.5) is 5.13 Å². The van der Waals surface area contributed by atoms with E-state index in [1.54, 1.807) is 11.3 Å². The standard InChI is InChI=1S/C14H23N3OS/c1-10-5-6-17(8-13(10)18-2)14-16-12(9-19-14)7-15-11-3-4-11/h9-11,13,15H,3-8H2,1-2H3. The number of methoxy groups -OCH3 is 1. The van der Waals surface area contributed by atoms with Gasteiger partial charge in [0, 0.05) is 38.2 Å². The topological polar surface area (TPSA) is 37.4 Å². The van der Waals surface area contributed by atoms with Crippen molar-refractivity contribution in [2.45, 2.75) is 44.9 Å². The Morgan fingerprint density at radius 2 is 2.32 bits per heavy atom. The molecule has 1 aliphatic heterocycles. The fourth-order valence-corrected chi connectivity index (χ4v) is 3.44. The molecule has 1 aromatic heterocycles. The van der Waals surface area contributed by atoms with Gasteiger partial charge in [-0.2, -0.15) is 0 Å². The second-order valence-corrected chi connectivity index (χ2v) is 6.60. The van der Waals surface area contributed by atoms with Gasteiger partial charge in [-0.15, -0.1) is 11.3 Å². The van der Waals surface area contributed by atoms with E-state index in [2.05, 4.69) is 22.5 Å². The number of piperidine rings is 1. The lowest BCUT2D eigenvalue weighted by atomic mass is 9.96. The highest BCUT2D eigenvalue weighted by atomic mass is 32.1. The number of nitrogens with one attached hydrogen (secondary N) is 1. The molecule has 0 aromatic carbocycles. The van der Waals surface area contributed by atoms with Crippen LogP contribution in [0.25, 0.3) is 0 Å². The Morgan fingerprint density at radius 1 is 1.47 bits per heavy atom. The zero-order valence-electron chi connectivity index (χ0n) is 11.8. The number of anilines is 1. The first-order chi connectivity index (χ1) is 9.26. The molecule has 3 rings (SSSR count). The van der Waals surface area contributed by atoms with Crippen molar-refractivity contribution in [2.75, 3.05) is 25.1 Å². The predicted molar refractivity (Wildman–Crippen MR) is 78.8 cm³/mol. The van der Waals surface area contributed by atoms with Gasteiger partial charge in [-0.1, -0.05) is 6.92 Å². The van der Waals surface area contributed by atoms with Crippen LogP contribution in [0.3, 0.4) is 0 Å². The van der Waals surface area contributed by atoms with Crippen molar-refractivity contribution in [3.05, 3.63) is 11.1 Å². The zero-order valence-corrected chi connectivity index (χ0v) is 12.6. The number of hydrogen-bond acceptors (Lipinski definition) is 5. The van der Waals surface area contributed by atoms with Crippen molar-refractivity contribution < 1.29 is 4.74 Å². The minimum atomic E-state index is 0.339. The lowest BCUT2D eigenvalue weighted by Crippen LogP contribution is -2.43. The molecular weight excluding hydrogens is 258 g/mol. The monoisotopic (exact) mass is 281 g/mol. The molecule has 0 amide bonds. The van der Waals surface area contributed by atoms with Crippen LogP contribution in [0.15, 0.2) is 5.38 Å². The lowest BCUT2D eigenvalue weighted by Gasteiger charge is -2.36. The van der Waals surface area contributed by atoms with Gasteiger partial charge in [-0.05, 0) is 25.2 Å². The molecule has 2 atom stereocenters. The Bertz CT molecular complexity index is 419. The fourth-order valence-electron chi connectivity index (χ4n) is 2.57. The van der Waals surface area contributed by atoms with Crippen LogP contribution in [-0.4, -0.2) is 37.3 Å². The van der Waals surface area contributed by atoms with Gasteiger partial charge in [0.15, 0.2) is 5.13 Å². The summed E-state index contributed by atoms with van der Waals surface area (Å²) in [4.78, 5) is 7.13. The summed E-state index contributed by atoms with van der Waals surface area (Å²) in [7, 11) is 1.82. The van der Waals surface area contributed by atoms with Gasteiger partial charge in [0.05, 0.1) is 11.8 Å². The van der Waals surface area contributed by atoms with E-state index in [0.29, 0.717) is 12.0 Å². The maximum Gasteiger partial charge on any atom is 0.185 e. The van der Waals surface area contributed by atoms with Crippen molar-refractivity contribution in [3.8, 4) is 0 Å². The van der Waals surface area contributed by atoms with Gasteiger partial charge in [0.1, 0.15) is 0 Å². The highest BCUT2D eigenvalue weighted by Crippen LogP contribution is 2.28. The maximum atomic E-state index is 5.57. The molecule has 1 saturated carbocycles. The van der Waals surface area contributed by atoms with Gasteiger partial charge < -0.3 is 15.0 Å². The first-order valence-electron chi connectivity index (χ1n) is 7.22. The maximum absolute atomic E-state index is 5.57. The first kappa shape index (κ1) is 13.3. The van der Waals surface area contributed by atoms with E-state index in [9.17, 15) is 0 Å². The predicted octanol–water partition coefficient (Wildman–Crippen LogP) is 2.26. The molecule has 1 saturated heterocycles. The third kappa shape index (κ3) is 3.27. The number of thiazole rings is 1. The highest BCUT2D eigenvalue weighted by molar-refractivity contribution is 7.13. The van der Waals surface area contributed by atoms with Crippen molar-refractivity contribution in [1.82, 2.24) is 10.3 Å². The van der Waals surface area contributed by atoms with E-state index in [-0.39, 0.29) is 0 Å². The van der Waals surface area contributed by atoms with E-state index in [4.69, 9.17) is 9.72 Å². The summed E-state index contributed by atoms with van der Waals surface area (Å²) in [6, 6.07) is 0.749. The Hall–Kier alpha value is -0.650. The van der Waals surface area contributed by atoms with E-state index in [0.717, 1.165) is 30.8 Å². The highest BCUT2D eigenvalue weighted by Gasteiger charge is 2.27. The third-order valence-electron chi connectivity index (χ3n) is 4.15. The largest absolute Gasteiger partial charge is 0.379 e. The summed E-state index contributed by atoms with van der Waals surface area (Å²) >= 11 is 1.76. The number of aromatic nitrogens is 1. The molecule has 2 heterocycles. The number of nitrogens with zero attached hydrogens (tertiary/aromatic N) is 2. The first-order valence-corrected chi connectivity index (χ1v) is 8.09. The van der Waals surface area contributed by atoms with Crippen molar-refractivity contribution in [3.63, 3.8) is 0 Å². The Balaban J connectivity index is 1.58. The number of rotatable bonds is 5. The molecule has 1 aromatic rings. The Labute approximate surface area is 119 Å². The van der Waals surface area contributed by atoms with E-state index >= 15 is 0 Å². The van der Waals surface area contributed by atoms with Crippen molar-refractivity contribution >= 4 is 16.5 Å². The minimum Gasteiger partial charge on any atom is -0.379 e. The number of hydrogen-bond donors (Lipinski definition) is 1. The van der Waals surface area contributed by atoms with Crippen molar-refractivity contribution in [2.24, 2.45) is 5.92 Å². The van der Waals surface area contributed by atoms with Gasteiger partial charge >= 0.3 is 0 Å². The van der Waals surface area contributed by atoms with Crippen LogP contribution in [0.5, 0.6) is 0 Å². The zero-order chi connectivity index (χ0) is 13.2. The second kappa shape index (κ2) is 5.77. The quantitative estimate of drug-likeness (QED) is 0.898. The van der Waals surface area contributed by atoms with Crippen LogP contribution >= 0.6 is 11.3 Å². The molecule has 2 fully saturated rings. The summed E-state index contributed by atoms with van der Waals surface area (Å²) in [6.45, 7) is 5.27. The third-order valence-corrected chi connectivity index (χ3v) is 5.10. The van der Waals surface area contributed by atoms with Gasteiger partial charge in [-0.25, -0.2) is 4.98 Å². The van der Waals surface area contributed by atoms with E-state index in [1.165, 1.54) is 25.0 Å². The molecule has 19 heavy (non-hydrogen) atoms. The second-order valence-electron chi connectivity index (χ2n) is 5.76. The molecule has 0 bridgehead atoms. The van der Waals surface area contributed by atoms with E-state index < -0.39 is 0 Å². The molecule has 0 spiro atoms. The smallest absolute Gasteiger partial charge is 0.185 e. The van der Waals surface area contributed by atoms with Crippen LogP contribution in [0, 0.1) is 5.92 Å². The van der Waals surface area contributed by atoms with Crippen LogP contribution in [-0.2, 0) is 11.3 Å². The van der Waals surface area contributed by atoms with Crippen LogP contribution < -0.4 is 10.2 Å². The Kier molecular flexibility index (Phi) is 4.05. The van der Waals surface area contributed by atoms with E-state index in [1.807, 2.05) is 7.11 Å². The molecule has 106 valence electrons. The summed E-state index contributed by atoms with van der Waals surface area (Å²) in [5, 5.41) is 6.86. The molecule has 4 nitrogen and oxygen atoms in total. The summed E-state index contributed by atoms with van der Waals surface area (Å²) in [5.41, 5.74) is 1.18. The summed E-state index contributed by atoms with van der Waals surface area (Å²) in [5.74, 6) is 0.650. The summed E-state index contributed by atoms with van der Waals surface area (Å²) < 4.78 is 5.57. The molecular formula is C14H23N3OS. The van der Waals surface area contributed by atoms with Gasteiger partial charge in [0.2, 0.25) is 0 Å². The lowest BCUT2D eigenvalue weighted by molar-refractivity contribution is 0.0498. The van der Waals surface area contributed by atoms with Gasteiger partial charge in [-0.3, -0.25) is 0 Å². The van der Waals surface area contributed by atoms with Crippen molar-refractivity contribution in [1.29, 1.82) is 0 Å². The molecule has 2 unspecified atom stereocenters. The summed E-state index contributed by atoms with van der Waals surface area (Å²) in [6.07, 6.45) is 4.19. The normalized spacial score (nSPS) is 27.8.